The smallest absolute Gasteiger partial charge is 0.340 e. The molecule has 0 aromatic heterocycles. The summed E-state index contributed by atoms with van der Waals surface area (Å²) in [4.78, 5) is 10.7. The molecule has 0 saturated heterocycles. The topological polar surface area (TPSA) is 52.9 Å². The van der Waals surface area contributed by atoms with Crippen LogP contribution in [0.1, 0.15) is 26.2 Å². The number of nitriles is 1. The lowest BCUT2D eigenvalue weighted by Crippen LogP contribution is -2.36. The Kier molecular flexibility index (Phi) is 4.99. The minimum Gasteiger partial charge on any atom is -0.340 e. The molecular formula is C8H11F3N2O. The highest BCUT2D eigenvalue weighted by Gasteiger charge is 2.31. The van der Waals surface area contributed by atoms with Crippen LogP contribution in [0, 0.1) is 11.3 Å². The van der Waals surface area contributed by atoms with Gasteiger partial charge in [-0.15, -0.1) is 0 Å². The first-order chi connectivity index (χ1) is 6.39. The molecule has 80 valence electrons. The van der Waals surface area contributed by atoms with Gasteiger partial charge >= 0.3 is 6.18 Å². The fourth-order valence-corrected chi connectivity index (χ4v) is 0.885. The maximum absolute atomic E-state index is 11.7. The van der Waals surface area contributed by atoms with Gasteiger partial charge in [0, 0.05) is 0 Å². The van der Waals surface area contributed by atoms with Crippen molar-refractivity contribution in [1.82, 2.24) is 5.32 Å². The Balaban J connectivity index is 3.99. The molecule has 0 fully saturated rings. The predicted octanol–water partition coefficient (Wildman–Crippen LogP) is 1.75. The molecule has 3 nitrogen and oxygen atoms in total. The van der Waals surface area contributed by atoms with Crippen molar-refractivity contribution < 1.29 is 18.0 Å². The quantitative estimate of drug-likeness (QED) is 0.765. The van der Waals surface area contributed by atoms with Crippen molar-refractivity contribution in [2.45, 2.75) is 38.4 Å². The van der Waals surface area contributed by atoms with Gasteiger partial charge in [-0.2, -0.15) is 18.4 Å². The number of amides is 1. The summed E-state index contributed by atoms with van der Waals surface area (Å²) in [6.07, 6.45) is -5.06. The number of halogens is 3. The summed E-state index contributed by atoms with van der Waals surface area (Å²) in [5.41, 5.74) is 0. The number of hydrogen-bond acceptors (Lipinski definition) is 2. The van der Waals surface area contributed by atoms with Gasteiger partial charge in [0.05, 0.1) is 6.07 Å². The number of carbonyl (C=O) groups is 1. The van der Waals surface area contributed by atoms with Crippen LogP contribution in [0.15, 0.2) is 0 Å². The summed E-state index contributed by atoms with van der Waals surface area (Å²) in [5.74, 6) is -1.16. The van der Waals surface area contributed by atoms with E-state index in [0.29, 0.717) is 12.8 Å². The zero-order valence-electron chi connectivity index (χ0n) is 7.69. The van der Waals surface area contributed by atoms with Crippen molar-refractivity contribution in [2.75, 3.05) is 0 Å². The highest BCUT2D eigenvalue weighted by atomic mass is 19.4. The van der Waals surface area contributed by atoms with Gasteiger partial charge < -0.3 is 5.32 Å². The SMILES string of the molecule is CCCC(C#N)NC(=O)CC(F)(F)F. The molecule has 0 spiro atoms. The Bertz CT molecular complexity index is 232. The van der Waals surface area contributed by atoms with Gasteiger partial charge in [-0.25, -0.2) is 0 Å². The van der Waals surface area contributed by atoms with Crippen molar-refractivity contribution >= 4 is 5.91 Å². The number of hydrogen-bond donors (Lipinski definition) is 1. The van der Waals surface area contributed by atoms with Crippen LogP contribution >= 0.6 is 0 Å². The monoisotopic (exact) mass is 208 g/mol. The van der Waals surface area contributed by atoms with Crippen molar-refractivity contribution in [3.63, 3.8) is 0 Å². The van der Waals surface area contributed by atoms with Crippen LogP contribution in [0.3, 0.4) is 0 Å². The van der Waals surface area contributed by atoms with Gasteiger partial charge in [-0.3, -0.25) is 4.79 Å². The van der Waals surface area contributed by atoms with E-state index >= 15 is 0 Å². The molecule has 1 unspecified atom stereocenters. The lowest BCUT2D eigenvalue weighted by Gasteiger charge is -2.11. The summed E-state index contributed by atoms with van der Waals surface area (Å²) in [6, 6.07) is 0.896. The van der Waals surface area contributed by atoms with E-state index in [0.717, 1.165) is 0 Å². The number of alkyl halides is 3. The molecule has 6 heteroatoms. The maximum atomic E-state index is 11.7. The van der Waals surface area contributed by atoms with Crippen LogP contribution in [-0.2, 0) is 4.79 Å². The molecular weight excluding hydrogens is 197 g/mol. The summed E-state index contributed by atoms with van der Waals surface area (Å²) in [7, 11) is 0. The third kappa shape index (κ3) is 6.29. The number of nitrogens with one attached hydrogen (secondary N) is 1. The lowest BCUT2D eigenvalue weighted by molar-refractivity contribution is -0.154. The van der Waals surface area contributed by atoms with E-state index in [1.54, 1.807) is 13.0 Å². The van der Waals surface area contributed by atoms with Gasteiger partial charge in [0.15, 0.2) is 0 Å². The summed E-state index contributed by atoms with van der Waals surface area (Å²) < 4.78 is 35.1. The second-order valence-corrected chi connectivity index (χ2v) is 2.83. The van der Waals surface area contributed by atoms with E-state index in [1.807, 2.05) is 5.32 Å². The fourth-order valence-electron chi connectivity index (χ4n) is 0.885. The van der Waals surface area contributed by atoms with E-state index < -0.39 is 24.5 Å². The first kappa shape index (κ1) is 12.8. The third-order valence-corrected chi connectivity index (χ3v) is 1.43. The summed E-state index contributed by atoms with van der Waals surface area (Å²) in [6.45, 7) is 1.78. The lowest BCUT2D eigenvalue weighted by atomic mass is 10.2. The molecule has 0 rings (SSSR count). The fraction of sp³-hybridized carbons (Fsp3) is 0.750. The largest absolute Gasteiger partial charge is 0.397 e. The van der Waals surface area contributed by atoms with Gasteiger partial charge in [0.2, 0.25) is 5.91 Å². The molecule has 14 heavy (non-hydrogen) atoms. The van der Waals surface area contributed by atoms with Crippen LogP contribution < -0.4 is 5.32 Å². The first-order valence-electron chi connectivity index (χ1n) is 4.14. The second-order valence-electron chi connectivity index (χ2n) is 2.83. The summed E-state index contributed by atoms with van der Waals surface area (Å²) in [5, 5.41) is 10.5. The highest BCUT2D eigenvalue weighted by molar-refractivity contribution is 5.77. The van der Waals surface area contributed by atoms with E-state index in [4.69, 9.17) is 5.26 Å². The molecule has 1 amide bonds. The van der Waals surface area contributed by atoms with E-state index in [1.165, 1.54) is 0 Å². The van der Waals surface area contributed by atoms with Crippen LogP contribution in [0.2, 0.25) is 0 Å². The molecule has 1 atom stereocenters. The molecule has 0 aliphatic heterocycles. The van der Waals surface area contributed by atoms with Crippen molar-refractivity contribution in [3.05, 3.63) is 0 Å². The molecule has 0 aromatic carbocycles. The highest BCUT2D eigenvalue weighted by Crippen LogP contribution is 2.19. The minimum atomic E-state index is -4.52. The van der Waals surface area contributed by atoms with Crippen LogP contribution in [0.5, 0.6) is 0 Å². The molecule has 0 aliphatic carbocycles. The molecule has 0 bridgehead atoms. The van der Waals surface area contributed by atoms with E-state index in [-0.39, 0.29) is 0 Å². The van der Waals surface area contributed by atoms with Gasteiger partial charge in [0.25, 0.3) is 0 Å². The Labute approximate surface area is 79.9 Å². The molecule has 0 aromatic rings. The number of carbonyl (C=O) groups excluding carboxylic acids is 1. The zero-order valence-corrected chi connectivity index (χ0v) is 7.69. The number of rotatable bonds is 4. The van der Waals surface area contributed by atoms with Gasteiger partial charge in [-0.05, 0) is 6.42 Å². The van der Waals surface area contributed by atoms with E-state index in [2.05, 4.69) is 0 Å². The predicted molar refractivity (Wildman–Crippen MR) is 43.1 cm³/mol. The summed E-state index contributed by atoms with van der Waals surface area (Å²) >= 11 is 0. The van der Waals surface area contributed by atoms with Gasteiger partial charge in [-0.1, -0.05) is 13.3 Å². The van der Waals surface area contributed by atoms with Crippen LogP contribution in [0.25, 0.3) is 0 Å². The van der Waals surface area contributed by atoms with Crippen LogP contribution in [0.4, 0.5) is 13.2 Å². The second kappa shape index (κ2) is 5.47. The Hall–Kier alpha value is -1.25. The molecule has 0 heterocycles. The van der Waals surface area contributed by atoms with Crippen LogP contribution in [-0.4, -0.2) is 18.1 Å². The molecule has 1 N–H and O–H groups in total. The third-order valence-electron chi connectivity index (χ3n) is 1.43. The zero-order chi connectivity index (χ0) is 11.2. The maximum Gasteiger partial charge on any atom is 0.397 e. The normalized spacial score (nSPS) is 13.1. The van der Waals surface area contributed by atoms with Crippen molar-refractivity contribution in [3.8, 4) is 6.07 Å². The average molecular weight is 208 g/mol. The average Bonchev–Trinajstić information content (AvgIpc) is 2.00. The first-order valence-corrected chi connectivity index (χ1v) is 4.14. The van der Waals surface area contributed by atoms with Crippen molar-refractivity contribution in [2.24, 2.45) is 0 Å². The Morgan fingerprint density at radius 2 is 2.14 bits per heavy atom. The van der Waals surface area contributed by atoms with Gasteiger partial charge in [0.1, 0.15) is 12.5 Å². The number of nitrogens with zero attached hydrogens (tertiary/aromatic N) is 1. The molecule has 0 radical (unpaired) electrons. The standard InChI is InChI=1S/C8H11F3N2O/c1-2-3-6(5-12)13-7(14)4-8(9,10)11/h6H,2-4H2,1H3,(H,13,14). The molecule has 0 saturated carbocycles. The Morgan fingerprint density at radius 3 is 2.50 bits per heavy atom. The Morgan fingerprint density at radius 1 is 1.57 bits per heavy atom. The van der Waals surface area contributed by atoms with Crippen molar-refractivity contribution in [1.29, 1.82) is 5.26 Å². The molecule has 0 aliphatic rings. The minimum absolute atomic E-state index is 0.361. The van der Waals surface area contributed by atoms with E-state index in [9.17, 15) is 18.0 Å².